The molecular weight excluding hydrogens is 444 g/mol. The first-order valence-corrected chi connectivity index (χ1v) is 12.4. The van der Waals surface area contributed by atoms with Crippen LogP contribution in [0.3, 0.4) is 0 Å². The third-order valence-corrected chi connectivity index (χ3v) is 8.00. The normalized spacial score (nSPS) is 24.6. The maximum absolute atomic E-state index is 13.1. The Balaban J connectivity index is 1.15. The number of benzene rings is 2. The van der Waals surface area contributed by atoms with Crippen molar-refractivity contribution in [2.45, 2.75) is 45.1 Å². The highest BCUT2D eigenvalue weighted by Crippen LogP contribution is 2.44. The van der Waals surface area contributed by atoms with Gasteiger partial charge in [-0.3, -0.25) is 9.59 Å². The van der Waals surface area contributed by atoms with Gasteiger partial charge < -0.3 is 20.1 Å². The summed E-state index contributed by atoms with van der Waals surface area (Å²) in [7, 11) is 0. The highest BCUT2D eigenvalue weighted by atomic mass is 16.5. The summed E-state index contributed by atoms with van der Waals surface area (Å²) >= 11 is 0. The number of nitrogens with zero attached hydrogens (tertiary/aromatic N) is 1. The average Bonchev–Trinajstić information content (AvgIpc) is 3.51. The number of carbonyl (C=O) groups is 3. The summed E-state index contributed by atoms with van der Waals surface area (Å²) in [5.74, 6) is -1.60. The van der Waals surface area contributed by atoms with Gasteiger partial charge in [0.25, 0.3) is 0 Å². The molecule has 1 saturated carbocycles. The second-order valence-electron chi connectivity index (χ2n) is 10.8. The van der Waals surface area contributed by atoms with Gasteiger partial charge in [0.1, 0.15) is 6.61 Å². The number of nitrogens with one attached hydrogen (secondary N) is 1. The monoisotopic (exact) mass is 476 g/mol. The number of carbonyl (C=O) groups excluding carboxylic acids is 2. The lowest BCUT2D eigenvalue weighted by molar-refractivity contribution is -0.144. The van der Waals surface area contributed by atoms with Gasteiger partial charge >= 0.3 is 12.1 Å². The van der Waals surface area contributed by atoms with Crippen molar-refractivity contribution < 1.29 is 24.2 Å². The Labute approximate surface area is 205 Å². The first-order chi connectivity index (χ1) is 16.7. The van der Waals surface area contributed by atoms with E-state index in [0.29, 0.717) is 25.8 Å². The summed E-state index contributed by atoms with van der Waals surface area (Å²) < 4.78 is 5.65. The van der Waals surface area contributed by atoms with Crippen molar-refractivity contribution in [3.8, 4) is 11.1 Å². The van der Waals surface area contributed by atoms with Crippen LogP contribution < -0.4 is 5.32 Å². The zero-order chi connectivity index (χ0) is 24.7. The maximum atomic E-state index is 13.1. The molecule has 2 fully saturated rings. The van der Waals surface area contributed by atoms with E-state index in [1.54, 1.807) is 4.90 Å². The number of amides is 2. The van der Waals surface area contributed by atoms with Crippen LogP contribution in [0.15, 0.2) is 48.5 Å². The van der Waals surface area contributed by atoms with Gasteiger partial charge in [-0.2, -0.15) is 0 Å². The molecule has 35 heavy (non-hydrogen) atoms. The van der Waals surface area contributed by atoms with Gasteiger partial charge in [0, 0.05) is 31.0 Å². The fourth-order valence-electron chi connectivity index (χ4n) is 6.12. The van der Waals surface area contributed by atoms with Crippen LogP contribution in [0.25, 0.3) is 11.1 Å². The molecule has 1 unspecified atom stereocenters. The van der Waals surface area contributed by atoms with Crippen LogP contribution >= 0.6 is 0 Å². The molecule has 7 heteroatoms. The lowest BCUT2D eigenvalue weighted by Crippen LogP contribution is -2.37. The second kappa shape index (κ2) is 9.02. The van der Waals surface area contributed by atoms with Crippen molar-refractivity contribution in [1.29, 1.82) is 0 Å². The van der Waals surface area contributed by atoms with Gasteiger partial charge in [0.2, 0.25) is 5.91 Å². The molecule has 1 heterocycles. The number of rotatable bonds is 5. The lowest BCUT2D eigenvalue weighted by atomic mass is 9.82. The van der Waals surface area contributed by atoms with E-state index in [1.165, 1.54) is 22.3 Å². The van der Waals surface area contributed by atoms with Gasteiger partial charge in [-0.15, -0.1) is 0 Å². The summed E-state index contributed by atoms with van der Waals surface area (Å²) in [5.41, 5.74) is 4.26. The first-order valence-electron chi connectivity index (χ1n) is 12.4. The van der Waals surface area contributed by atoms with Crippen LogP contribution in [0.5, 0.6) is 0 Å². The minimum atomic E-state index is -0.855. The molecule has 0 aromatic heterocycles. The number of ether oxygens (including phenoxy) is 1. The van der Waals surface area contributed by atoms with Crippen molar-refractivity contribution >= 4 is 18.0 Å². The van der Waals surface area contributed by atoms with E-state index in [0.717, 1.165) is 0 Å². The predicted octanol–water partition coefficient (Wildman–Crippen LogP) is 4.26. The highest BCUT2D eigenvalue weighted by Gasteiger charge is 2.47. The molecule has 2 N–H and O–H groups in total. The van der Waals surface area contributed by atoms with Crippen LogP contribution in [0.2, 0.25) is 0 Å². The van der Waals surface area contributed by atoms with E-state index in [9.17, 15) is 19.5 Å². The van der Waals surface area contributed by atoms with E-state index < -0.39 is 23.4 Å². The first kappa shape index (κ1) is 23.4. The molecule has 2 amide bonds. The minimum absolute atomic E-state index is 0.00124. The largest absolute Gasteiger partial charge is 0.481 e. The van der Waals surface area contributed by atoms with Crippen molar-refractivity contribution in [2.75, 3.05) is 19.7 Å². The van der Waals surface area contributed by atoms with E-state index in [1.807, 2.05) is 38.1 Å². The molecule has 2 aliphatic carbocycles. The van der Waals surface area contributed by atoms with E-state index in [-0.39, 0.29) is 36.9 Å². The smallest absolute Gasteiger partial charge is 0.407 e. The fraction of sp³-hybridized carbons (Fsp3) is 0.464. The number of fused-ring (bicyclic) bond motifs is 3. The molecule has 5 rings (SSSR count). The molecule has 2 aromatic rings. The zero-order valence-corrected chi connectivity index (χ0v) is 20.2. The topological polar surface area (TPSA) is 95.9 Å². The number of alkyl carbamates (subject to hydrolysis) is 1. The van der Waals surface area contributed by atoms with E-state index in [2.05, 4.69) is 29.6 Å². The highest BCUT2D eigenvalue weighted by molar-refractivity contribution is 5.82. The molecule has 184 valence electrons. The summed E-state index contributed by atoms with van der Waals surface area (Å²) in [4.78, 5) is 38.9. The lowest BCUT2D eigenvalue weighted by Gasteiger charge is -2.23. The number of carboxylic acid groups (broad SMARTS) is 1. The van der Waals surface area contributed by atoms with Gasteiger partial charge in [-0.1, -0.05) is 62.4 Å². The molecule has 2 aromatic carbocycles. The van der Waals surface area contributed by atoms with Crippen LogP contribution in [0, 0.1) is 17.3 Å². The standard InChI is InChI=1S/C28H32N2O5/c1-28(2)16-30(14-24(28)26(32)33)25(31)17-11-12-18(13-17)29-27(34)35-15-23-21-9-5-3-7-19(21)20-8-4-6-10-22(20)23/h3-10,17-18,23-24H,11-16H2,1-2H3,(H,29,34)(H,32,33)/t17-,18+,24?/m0/s1. The maximum Gasteiger partial charge on any atom is 0.407 e. The molecule has 0 bridgehead atoms. The summed E-state index contributed by atoms with van der Waals surface area (Å²) in [6.45, 7) is 4.75. The Morgan fingerprint density at radius 2 is 1.66 bits per heavy atom. The molecule has 0 radical (unpaired) electrons. The van der Waals surface area contributed by atoms with Crippen molar-refractivity contribution in [1.82, 2.24) is 10.2 Å². The molecule has 1 aliphatic heterocycles. The zero-order valence-electron chi connectivity index (χ0n) is 20.2. The Kier molecular flexibility index (Phi) is 6.03. The number of hydrogen-bond donors (Lipinski definition) is 2. The third kappa shape index (κ3) is 4.40. The minimum Gasteiger partial charge on any atom is -0.481 e. The molecule has 3 atom stereocenters. The SMILES string of the molecule is CC1(C)CN(C(=O)[C@H]2CC[C@@H](NC(=O)OCC3c4ccccc4-c4ccccc43)C2)CC1C(=O)O. The summed E-state index contributed by atoms with van der Waals surface area (Å²) in [5, 5.41) is 12.4. The van der Waals surface area contributed by atoms with E-state index in [4.69, 9.17) is 4.74 Å². The Morgan fingerprint density at radius 3 is 2.26 bits per heavy atom. The fourth-order valence-corrected chi connectivity index (χ4v) is 6.12. The van der Waals surface area contributed by atoms with Crippen LogP contribution in [-0.4, -0.2) is 53.7 Å². The number of likely N-dealkylation sites (tertiary alicyclic amines) is 1. The number of hydrogen-bond acceptors (Lipinski definition) is 4. The number of aliphatic carboxylic acids is 1. The van der Waals surface area contributed by atoms with Crippen LogP contribution in [0.4, 0.5) is 4.79 Å². The second-order valence-corrected chi connectivity index (χ2v) is 10.8. The third-order valence-electron chi connectivity index (χ3n) is 8.00. The molecule has 0 spiro atoms. The van der Waals surface area contributed by atoms with Gasteiger partial charge in [-0.25, -0.2) is 4.79 Å². The molecular formula is C28H32N2O5. The average molecular weight is 477 g/mol. The predicted molar refractivity (Wildman–Crippen MR) is 131 cm³/mol. The van der Waals surface area contributed by atoms with Gasteiger partial charge in [0.15, 0.2) is 0 Å². The summed E-state index contributed by atoms with van der Waals surface area (Å²) in [6.07, 6.45) is 1.48. The van der Waals surface area contributed by atoms with Crippen LogP contribution in [-0.2, 0) is 14.3 Å². The van der Waals surface area contributed by atoms with Gasteiger partial charge in [-0.05, 0) is 46.9 Å². The van der Waals surface area contributed by atoms with Crippen molar-refractivity contribution in [3.05, 3.63) is 59.7 Å². The molecule has 7 nitrogen and oxygen atoms in total. The van der Waals surface area contributed by atoms with Crippen molar-refractivity contribution in [3.63, 3.8) is 0 Å². The van der Waals surface area contributed by atoms with Crippen LogP contribution in [0.1, 0.15) is 50.2 Å². The summed E-state index contributed by atoms with van der Waals surface area (Å²) in [6, 6.07) is 16.3. The molecule has 3 aliphatic rings. The Hall–Kier alpha value is -3.35. The Bertz CT molecular complexity index is 1110. The van der Waals surface area contributed by atoms with Gasteiger partial charge in [0.05, 0.1) is 5.92 Å². The van der Waals surface area contributed by atoms with E-state index >= 15 is 0 Å². The molecule has 1 saturated heterocycles. The van der Waals surface area contributed by atoms with Crippen molar-refractivity contribution in [2.24, 2.45) is 17.3 Å². The number of carboxylic acids is 1. The quantitative estimate of drug-likeness (QED) is 0.672. The Morgan fingerprint density at radius 1 is 1.03 bits per heavy atom.